The summed E-state index contributed by atoms with van der Waals surface area (Å²) in [5.41, 5.74) is 4.17. The molecule has 4 aromatic rings. The van der Waals surface area contributed by atoms with E-state index < -0.39 is 0 Å². The number of benzene rings is 2. The van der Waals surface area contributed by atoms with Crippen LogP contribution >= 0.6 is 34.4 Å². The molecule has 0 aliphatic carbocycles. The smallest absolute Gasteiger partial charge is 0.256 e. The van der Waals surface area contributed by atoms with Gasteiger partial charge in [0.1, 0.15) is 10.0 Å². The maximum Gasteiger partial charge on any atom is 0.256 e. The first kappa shape index (κ1) is 21.6. The number of nitrogens with one attached hydrogen (secondary N) is 1. The summed E-state index contributed by atoms with van der Waals surface area (Å²) in [6, 6.07) is 16.1. The number of carbonyl (C=O) groups excluding carboxylic acids is 1. The largest absolute Gasteiger partial charge is 0.313 e. The number of para-hydroxylation sites is 1. The minimum absolute atomic E-state index is 0.0636. The Morgan fingerprint density at radius 3 is 2.69 bits per heavy atom. The summed E-state index contributed by atoms with van der Waals surface area (Å²) >= 11 is 5.20. The van der Waals surface area contributed by atoms with E-state index in [2.05, 4.69) is 42.3 Å². The molecule has 3 heterocycles. The maximum atomic E-state index is 13.1. The van der Waals surface area contributed by atoms with E-state index in [4.69, 9.17) is 4.98 Å². The number of amides is 1. The van der Waals surface area contributed by atoms with Crippen LogP contribution in [0.25, 0.3) is 20.8 Å². The average Bonchev–Trinajstić information content (AvgIpc) is 3.39. The number of likely N-dealkylation sites (N-methyl/N-ethyl adjacent to an activating group) is 1. The molecule has 32 heavy (non-hydrogen) atoms. The lowest BCUT2D eigenvalue weighted by Crippen LogP contribution is -2.29. The van der Waals surface area contributed by atoms with Gasteiger partial charge in [0, 0.05) is 34.0 Å². The van der Waals surface area contributed by atoms with Gasteiger partial charge in [0.15, 0.2) is 0 Å². The highest BCUT2D eigenvalue weighted by Gasteiger charge is 2.27. The Labute approximate surface area is 200 Å². The van der Waals surface area contributed by atoms with Gasteiger partial charge in [-0.25, -0.2) is 4.98 Å². The normalized spacial score (nSPS) is 13.9. The number of carbonyl (C=O) groups is 1. The Kier molecular flexibility index (Phi) is 6.33. The molecule has 5 rings (SSSR count). The van der Waals surface area contributed by atoms with Crippen molar-refractivity contribution in [1.82, 2.24) is 9.88 Å². The van der Waals surface area contributed by atoms with E-state index in [1.165, 1.54) is 20.0 Å². The SMILES string of the molecule is CCSc1ccc(C(=O)Nc2sc3c(c2-c2nc4ccccc4s2)CCN(CC)C3)cc1. The molecule has 2 aromatic carbocycles. The van der Waals surface area contributed by atoms with Crippen LogP contribution in [0.2, 0.25) is 0 Å². The van der Waals surface area contributed by atoms with Crippen LogP contribution in [0.5, 0.6) is 0 Å². The highest BCUT2D eigenvalue weighted by Crippen LogP contribution is 2.45. The van der Waals surface area contributed by atoms with Gasteiger partial charge in [0.2, 0.25) is 0 Å². The molecule has 1 N–H and O–H groups in total. The number of rotatable bonds is 6. The van der Waals surface area contributed by atoms with Gasteiger partial charge in [-0.1, -0.05) is 26.0 Å². The third kappa shape index (κ3) is 4.22. The van der Waals surface area contributed by atoms with E-state index in [0.29, 0.717) is 5.56 Å². The van der Waals surface area contributed by atoms with Crippen molar-refractivity contribution in [1.29, 1.82) is 0 Å². The number of nitrogens with zero attached hydrogens (tertiary/aromatic N) is 2. The van der Waals surface area contributed by atoms with E-state index in [9.17, 15) is 4.79 Å². The van der Waals surface area contributed by atoms with Crippen LogP contribution in [0.3, 0.4) is 0 Å². The molecule has 0 unspecified atom stereocenters. The van der Waals surface area contributed by atoms with Crippen molar-refractivity contribution in [3.05, 3.63) is 64.5 Å². The van der Waals surface area contributed by atoms with Gasteiger partial charge in [-0.15, -0.1) is 34.4 Å². The Morgan fingerprint density at radius 2 is 1.94 bits per heavy atom. The Balaban J connectivity index is 1.52. The monoisotopic (exact) mass is 479 g/mol. The minimum Gasteiger partial charge on any atom is -0.313 e. The summed E-state index contributed by atoms with van der Waals surface area (Å²) in [6.45, 7) is 7.36. The fourth-order valence-corrected chi connectivity index (χ4v) is 7.12. The molecule has 0 atom stereocenters. The zero-order chi connectivity index (χ0) is 22.1. The molecule has 4 nitrogen and oxygen atoms in total. The second kappa shape index (κ2) is 9.35. The molecule has 1 aliphatic rings. The first-order valence-electron chi connectivity index (χ1n) is 10.9. The van der Waals surface area contributed by atoms with Crippen molar-refractivity contribution in [2.45, 2.75) is 31.7 Å². The topological polar surface area (TPSA) is 45.2 Å². The van der Waals surface area contributed by atoms with Crippen molar-refractivity contribution in [2.75, 3.05) is 24.2 Å². The van der Waals surface area contributed by atoms with Crippen LogP contribution < -0.4 is 5.32 Å². The van der Waals surface area contributed by atoms with E-state index in [1.54, 1.807) is 34.4 Å². The second-order valence-electron chi connectivity index (χ2n) is 7.72. The van der Waals surface area contributed by atoms with Crippen LogP contribution in [-0.2, 0) is 13.0 Å². The fourth-order valence-electron chi connectivity index (χ4n) is 4.06. The van der Waals surface area contributed by atoms with Crippen molar-refractivity contribution in [3.63, 3.8) is 0 Å². The van der Waals surface area contributed by atoms with Crippen molar-refractivity contribution < 1.29 is 4.79 Å². The minimum atomic E-state index is -0.0636. The lowest BCUT2D eigenvalue weighted by molar-refractivity contribution is 0.102. The highest BCUT2D eigenvalue weighted by molar-refractivity contribution is 7.99. The summed E-state index contributed by atoms with van der Waals surface area (Å²) < 4.78 is 1.18. The second-order valence-corrected chi connectivity index (χ2v) is 11.2. The Bertz CT molecular complexity index is 1230. The maximum absolute atomic E-state index is 13.1. The molecule has 1 aliphatic heterocycles. The molecular weight excluding hydrogens is 454 g/mol. The summed E-state index contributed by atoms with van der Waals surface area (Å²) in [7, 11) is 0. The zero-order valence-corrected chi connectivity index (χ0v) is 20.6. The standard InChI is InChI=1S/C25H25N3OS3/c1-3-28-14-13-18-21(15-28)32-25(22(18)24-26-19-7-5-6-8-20(19)31-24)27-23(29)16-9-11-17(12-10-16)30-4-2/h5-12H,3-4,13-15H2,1-2H3,(H,27,29). The van der Waals surface area contributed by atoms with Gasteiger partial charge >= 0.3 is 0 Å². The number of thiophene rings is 1. The van der Waals surface area contributed by atoms with Crippen LogP contribution in [0.1, 0.15) is 34.6 Å². The molecular formula is C25H25N3OS3. The molecule has 0 saturated heterocycles. The molecule has 1 amide bonds. The van der Waals surface area contributed by atoms with Gasteiger partial charge in [-0.05, 0) is 60.7 Å². The van der Waals surface area contributed by atoms with Gasteiger partial charge in [0.05, 0.1) is 10.2 Å². The van der Waals surface area contributed by atoms with Crippen molar-refractivity contribution >= 4 is 55.6 Å². The molecule has 0 fully saturated rings. The Hall–Kier alpha value is -2.19. The number of thiazole rings is 1. The molecule has 0 radical (unpaired) electrons. The lowest BCUT2D eigenvalue weighted by atomic mass is 10.0. The van der Waals surface area contributed by atoms with E-state index in [1.807, 2.05) is 30.3 Å². The zero-order valence-electron chi connectivity index (χ0n) is 18.2. The van der Waals surface area contributed by atoms with Crippen molar-refractivity contribution in [3.8, 4) is 10.6 Å². The summed E-state index contributed by atoms with van der Waals surface area (Å²) in [6.07, 6.45) is 0.990. The number of hydrogen-bond donors (Lipinski definition) is 1. The van der Waals surface area contributed by atoms with Crippen LogP contribution in [-0.4, -0.2) is 34.6 Å². The van der Waals surface area contributed by atoms with E-state index in [0.717, 1.165) is 52.9 Å². The first-order valence-corrected chi connectivity index (χ1v) is 13.5. The third-order valence-electron chi connectivity index (χ3n) is 5.75. The average molecular weight is 480 g/mol. The molecule has 2 aromatic heterocycles. The van der Waals surface area contributed by atoms with Crippen LogP contribution in [0.15, 0.2) is 53.4 Å². The summed E-state index contributed by atoms with van der Waals surface area (Å²) in [5.74, 6) is 0.957. The van der Waals surface area contributed by atoms with Gasteiger partial charge in [0.25, 0.3) is 5.91 Å². The molecule has 164 valence electrons. The van der Waals surface area contributed by atoms with E-state index in [-0.39, 0.29) is 5.91 Å². The van der Waals surface area contributed by atoms with Gasteiger partial charge in [-0.3, -0.25) is 9.69 Å². The van der Waals surface area contributed by atoms with E-state index >= 15 is 0 Å². The molecule has 7 heteroatoms. The quantitative estimate of drug-likeness (QED) is 0.310. The number of aromatic nitrogens is 1. The molecule has 0 bridgehead atoms. The number of hydrogen-bond acceptors (Lipinski definition) is 6. The summed E-state index contributed by atoms with van der Waals surface area (Å²) in [5, 5.41) is 5.15. The molecule has 0 spiro atoms. The third-order valence-corrected chi connectivity index (χ3v) is 8.83. The number of fused-ring (bicyclic) bond motifs is 2. The van der Waals surface area contributed by atoms with Crippen molar-refractivity contribution in [2.24, 2.45) is 0 Å². The van der Waals surface area contributed by atoms with Crippen LogP contribution in [0, 0.1) is 0 Å². The molecule has 0 saturated carbocycles. The first-order chi connectivity index (χ1) is 15.7. The van der Waals surface area contributed by atoms with Gasteiger partial charge in [-0.2, -0.15) is 0 Å². The fraction of sp³-hybridized carbons (Fsp3) is 0.280. The number of anilines is 1. The lowest BCUT2D eigenvalue weighted by Gasteiger charge is -2.25. The number of thioether (sulfide) groups is 1. The van der Waals surface area contributed by atoms with Crippen LogP contribution in [0.4, 0.5) is 5.00 Å². The predicted octanol–water partition coefficient (Wildman–Crippen LogP) is 6.77. The summed E-state index contributed by atoms with van der Waals surface area (Å²) in [4.78, 5) is 23.1. The predicted molar refractivity (Wildman–Crippen MR) is 138 cm³/mol. The van der Waals surface area contributed by atoms with Gasteiger partial charge < -0.3 is 5.32 Å². The highest BCUT2D eigenvalue weighted by atomic mass is 32.2. The Morgan fingerprint density at radius 1 is 1.12 bits per heavy atom.